The molecule has 1 aliphatic carbocycles. The van der Waals surface area contributed by atoms with Crippen molar-refractivity contribution in [1.29, 1.82) is 0 Å². The first kappa shape index (κ1) is 12.8. The lowest BCUT2D eigenvalue weighted by Crippen LogP contribution is -2.06. The van der Waals surface area contributed by atoms with Gasteiger partial charge in [0.05, 0.1) is 0 Å². The van der Waals surface area contributed by atoms with Gasteiger partial charge in [0.2, 0.25) is 5.13 Å². The Balaban J connectivity index is 1.54. The lowest BCUT2D eigenvalue weighted by Gasteiger charge is -2.03. The fraction of sp³-hybridized carbons (Fsp3) is 0.833. The summed E-state index contributed by atoms with van der Waals surface area (Å²) in [6.45, 7) is 6.93. The van der Waals surface area contributed by atoms with E-state index in [1.54, 1.807) is 0 Å². The molecule has 0 spiro atoms. The molecule has 4 nitrogen and oxygen atoms in total. The fourth-order valence-corrected chi connectivity index (χ4v) is 2.18. The quantitative estimate of drug-likeness (QED) is 0.726. The molecule has 0 unspecified atom stereocenters. The highest BCUT2D eigenvalue weighted by atomic mass is 32.1. The van der Waals surface area contributed by atoms with Gasteiger partial charge in [-0.15, -0.1) is 0 Å². The molecule has 1 aromatic heterocycles. The van der Waals surface area contributed by atoms with Gasteiger partial charge < -0.3 is 10.1 Å². The highest BCUT2D eigenvalue weighted by Crippen LogP contribution is 2.28. The maximum absolute atomic E-state index is 5.57. The van der Waals surface area contributed by atoms with Gasteiger partial charge in [-0.05, 0) is 25.2 Å². The summed E-state index contributed by atoms with van der Waals surface area (Å²) in [7, 11) is 0. The molecule has 1 aliphatic rings. The van der Waals surface area contributed by atoms with Crippen molar-refractivity contribution in [3.8, 4) is 0 Å². The van der Waals surface area contributed by atoms with Crippen LogP contribution in [-0.4, -0.2) is 29.1 Å². The normalized spacial score (nSPS) is 15.5. The molecule has 1 fully saturated rings. The summed E-state index contributed by atoms with van der Waals surface area (Å²) in [4.78, 5) is 4.42. The van der Waals surface area contributed by atoms with Crippen molar-refractivity contribution in [2.24, 2.45) is 5.92 Å². The number of aromatic nitrogens is 2. The molecule has 1 aromatic rings. The van der Waals surface area contributed by atoms with Gasteiger partial charge in [-0.1, -0.05) is 13.8 Å². The zero-order valence-corrected chi connectivity index (χ0v) is 11.4. The third kappa shape index (κ3) is 4.60. The Morgan fingerprint density at radius 3 is 2.94 bits per heavy atom. The van der Waals surface area contributed by atoms with E-state index < -0.39 is 0 Å². The average Bonchev–Trinajstić information content (AvgIpc) is 3.00. The first-order valence-electron chi connectivity index (χ1n) is 6.41. The Kier molecular flexibility index (Phi) is 4.74. The van der Waals surface area contributed by atoms with E-state index in [0.717, 1.165) is 43.1 Å². The molecule has 1 heterocycles. The van der Waals surface area contributed by atoms with Crippen molar-refractivity contribution in [2.75, 3.05) is 25.1 Å². The molecule has 5 heteroatoms. The van der Waals surface area contributed by atoms with Crippen LogP contribution in [0.5, 0.6) is 0 Å². The minimum absolute atomic E-state index is 0.406. The Labute approximate surface area is 107 Å². The van der Waals surface area contributed by atoms with Gasteiger partial charge in [-0.25, -0.2) is 4.98 Å². The number of ether oxygens (including phenoxy) is 1. The number of hydrogen-bond acceptors (Lipinski definition) is 5. The summed E-state index contributed by atoms with van der Waals surface area (Å²) in [6, 6.07) is 0. The van der Waals surface area contributed by atoms with Crippen LogP contribution in [0.2, 0.25) is 0 Å². The number of hydrogen-bond donors (Lipinski definition) is 1. The van der Waals surface area contributed by atoms with Crippen LogP contribution in [0.3, 0.4) is 0 Å². The van der Waals surface area contributed by atoms with E-state index in [2.05, 4.69) is 28.5 Å². The third-order valence-corrected chi connectivity index (χ3v) is 3.44. The second kappa shape index (κ2) is 6.31. The van der Waals surface area contributed by atoms with Crippen molar-refractivity contribution in [3.05, 3.63) is 5.82 Å². The standard InChI is InChI=1S/C12H21N3OS/c1-9(2)11-14-12(17-15-11)13-6-3-7-16-8-10-4-5-10/h9-10H,3-8H2,1-2H3,(H,13,14,15). The zero-order valence-electron chi connectivity index (χ0n) is 10.6. The molecular formula is C12H21N3OS. The molecule has 0 radical (unpaired) electrons. The van der Waals surface area contributed by atoms with E-state index in [9.17, 15) is 0 Å². The lowest BCUT2D eigenvalue weighted by atomic mass is 10.2. The predicted octanol–water partition coefficient (Wildman–Crippen LogP) is 2.89. The number of rotatable bonds is 8. The zero-order chi connectivity index (χ0) is 12.1. The van der Waals surface area contributed by atoms with E-state index in [1.807, 2.05) is 0 Å². The molecule has 2 rings (SSSR count). The molecular weight excluding hydrogens is 234 g/mol. The third-order valence-electron chi connectivity index (χ3n) is 2.75. The van der Waals surface area contributed by atoms with Gasteiger partial charge in [-0.2, -0.15) is 4.37 Å². The molecule has 0 amide bonds. The van der Waals surface area contributed by atoms with Gasteiger partial charge >= 0.3 is 0 Å². The average molecular weight is 255 g/mol. The van der Waals surface area contributed by atoms with Gasteiger partial charge in [0, 0.05) is 37.2 Å². The number of anilines is 1. The van der Waals surface area contributed by atoms with E-state index in [-0.39, 0.29) is 0 Å². The van der Waals surface area contributed by atoms with Crippen molar-refractivity contribution in [1.82, 2.24) is 9.36 Å². The Bertz CT molecular complexity index is 336. The largest absolute Gasteiger partial charge is 0.381 e. The minimum Gasteiger partial charge on any atom is -0.381 e. The van der Waals surface area contributed by atoms with Crippen LogP contribution in [0, 0.1) is 5.92 Å². The smallest absolute Gasteiger partial charge is 0.202 e. The van der Waals surface area contributed by atoms with Crippen molar-refractivity contribution in [3.63, 3.8) is 0 Å². The highest BCUT2D eigenvalue weighted by molar-refractivity contribution is 7.09. The van der Waals surface area contributed by atoms with Crippen LogP contribution in [0.15, 0.2) is 0 Å². The Morgan fingerprint density at radius 2 is 2.29 bits per heavy atom. The maximum Gasteiger partial charge on any atom is 0.202 e. The van der Waals surface area contributed by atoms with E-state index in [4.69, 9.17) is 4.74 Å². The summed E-state index contributed by atoms with van der Waals surface area (Å²) < 4.78 is 9.87. The van der Waals surface area contributed by atoms with E-state index in [1.165, 1.54) is 24.4 Å². The molecule has 0 bridgehead atoms. The predicted molar refractivity (Wildman–Crippen MR) is 70.6 cm³/mol. The molecule has 1 saturated carbocycles. The van der Waals surface area contributed by atoms with Crippen LogP contribution < -0.4 is 5.32 Å². The summed E-state index contributed by atoms with van der Waals surface area (Å²) in [5, 5.41) is 4.22. The van der Waals surface area contributed by atoms with Crippen molar-refractivity contribution >= 4 is 16.7 Å². The SMILES string of the molecule is CC(C)c1nsc(NCCCOCC2CC2)n1. The van der Waals surface area contributed by atoms with Crippen molar-refractivity contribution in [2.45, 2.75) is 39.0 Å². The maximum atomic E-state index is 5.57. The topological polar surface area (TPSA) is 47.0 Å². The second-order valence-electron chi connectivity index (χ2n) is 4.91. The Morgan fingerprint density at radius 1 is 1.47 bits per heavy atom. The number of nitrogens with zero attached hydrogens (tertiary/aromatic N) is 2. The molecule has 17 heavy (non-hydrogen) atoms. The monoisotopic (exact) mass is 255 g/mol. The van der Waals surface area contributed by atoms with E-state index >= 15 is 0 Å². The summed E-state index contributed by atoms with van der Waals surface area (Å²) in [5.41, 5.74) is 0. The molecule has 0 atom stereocenters. The van der Waals surface area contributed by atoms with Crippen LogP contribution >= 0.6 is 11.5 Å². The highest BCUT2D eigenvalue weighted by Gasteiger charge is 2.20. The molecule has 0 aromatic carbocycles. The van der Waals surface area contributed by atoms with Crippen LogP contribution in [0.25, 0.3) is 0 Å². The van der Waals surface area contributed by atoms with Gasteiger partial charge in [0.15, 0.2) is 0 Å². The lowest BCUT2D eigenvalue weighted by molar-refractivity contribution is 0.124. The minimum atomic E-state index is 0.406. The van der Waals surface area contributed by atoms with Gasteiger partial charge in [-0.3, -0.25) is 0 Å². The van der Waals surface area contributed by atoms with Crippen LogP contribution in [0.4, 0.5) is 5.13 Å². The number of nitrogens with one attached hydrogen (secondary N) is 1. The van der Waals surface area contributed by atoms with Crippen LogP contribution in [0.1, 0.15) is 44.9 Å². The molecule has 1 N–H and O–H groups in total. The molecule has 0 aliphatic heterocycles. The first-order valence-corrected chi connectivity index (χ1v) is 7.18. The molecule has 96 valence electrons. The first-order chi connectivity index (χ1) is 8.25. The van der Waals surface area contributed by atoms with Gasteiger partial charge in [0.25, 0.3) is 0 Å². The fourth-order valence-electron chi connectivity index (χ4n) is 1.45. The van der Waals surface area contributed by atoms with Crippen LogP contribution in [-0.2, 0) is 4.74 Å². The second-order valence-corrected chi connectivity index (χ2v) is 5.66. The summed E-state index contributed by atoms with van der Waals surface area (Å²) >= 11 is 1.44. The summed E-state index contributed by atoms with van der Waals surface area (Å²) in [6.07, 6.45) is 3.76. The Hall–Kier alpha value is -0.680. The summed E-state index contributed by atoms with van der Waals surface area (Å²) in [5.74, 6) is 2.20. The van der Waals surface area contributed by atoms with Gasteiger partial charge in [0.1, 0.15) is 5.82 Å². The van der Waals surface area contributed by atoms with Crippen molar-refractivity contribution < 1.29 is 4.74 Å². The van der Waals surface area contributed by atoms with E-state index in [0.29, 0.717) is 5.92 Å². The molecule has 0 saturated heterocycles.